The minimum atomic E-state index is -0.510. The van der Waals surface area contributed by atoms with E-state index in [2.05, 4.69) is 15.0 Å². The second-order valence-corrected chi connectivity index (χ2v) is 2.38. The first-order valence-corrected chi connectivity index (χ1v) is 3.82. The van der Waals surface area contributed by atoms with Crippen LogP contribution in [0.3, 0.4) is 0 Å². The molecule has 0 radical (unpaired) electrons. The highest BCUT2D eigenvalue weighted by atomic mass is 19.1. The van der Waals surface area contributed by atoms with Gasteiger partial charge in [0.1, 0.15) is 0 Å². The Morgan fingerprint density at radius 1 is 1.77 bits per heavy atom. The molecule has 1 aromatic heterocycles. The molecule has 0 aliphatic carbocycles. The van der Waals surface area contributed by atoms with Gasteiger partial charge >= 0.3 is 5.97 Å². The van der Waals surface area contributed by atoms with Gasteiger partial charge in [-0.25, -0.2) is 9.48 Å². The first-order chi connectivity index (χ1) is 6.29. The number of hydrogen-bond acceptors (Lipinski definition) is 4. The van der Waals surface area contributed by atoms with Gasteiger partial charge in [-0.2, -0.15) is 0 Å². The monoisotopic (exact) mass is 187 g/mol. The van der Waals surface area contributed by atoms with E-state index in [9.17, 15) is 9.18 Å². The molecule has 5 nitrogen and oxygen atoms in total. The minimum Gasteiger partial charge on any atom is -0.464 e. The lowest BCUT2D eigenvalue weighted by Crippen LogP contribution is -2.12. The summed E-state index contributed by atoms with van der Waals surface area (Å²) in [6.07, 6.45) is 1.61. The summed E-state index contributed by atoms with van der Waals surface area (Å²) in [4.78, 5) is 11.0. The van der Waals surface area contributed by atoms with E-state index < -0.39 is 12.6 Å². The van der Waals surface area contributed by atoms with Crippen molar-refractivity contribution in [3.05, 3.63) is 11.9 Å². The van der Waals surface area contributed by atoms with Crippen molar-refractivity contribution in [1.82, 2.24) is 15.0 Å². The standard InChI is InChI=1S/C7H10FN3O2/c1-13-7(12)6-5-9-10-11(6)4-2-3-8/h5H,2-4H2,1H3. The van der Waals surface area contributed by atoms with E-state index in [0.29, 0.717) is 13.0 Å². The fraction of sp³-hybridized carbons (Fsp3) is 0.571. The van der Waals surface area contributed by atoms with Gasteiger partial charge in [0.2, 0.25) is 0 Å². The number of nitrogens with zero attached hydrogens (tertiary/aromatic N) is 3. The molecular weight excluding hydrogens is 177 g/mol. The van der Waals surface area contributed by atoms with Gasteiger partial charge in [-0.3, -0.25) is 4.39 Å². The van der Waals surface area contributed by atoms with Crippen molar-refractivity contribution in [3.8, 4) is 0 Å². The molecule has 72 valence electrons. The van der Waals surface area contributed by atoms with E-state index in [4.69, 9.17) is 0 Å². The number of rotatable bonds is 4. The summed E-state index contributed by atoms with van der Waals surface area (Å²) in [5.41, 5.74) is 0.246. The third-order valence-corrected chi connectivity index (χ3v) is 1.52. The summed E-state index contributed by atoms with van der Waals surface area (Å²) in [5, 5.41) is 7.16. The zero-order chi connectivity index (χ0) is 9.68. The van der Waals surface area contributed by atoms with Crippen LogP contribution in [0, 0.1) is 0 Å². The lowest BCUT2D eigenvalue weighted by Gasteiger charge is -2.01. The Balaban J connectivity index is 2.71. The van der Waals surface area contributed by atoms with Gasteiger partial charge in [0.05, 0.1) is 20.0 Å². The Kier molecular flexibility index (Phi) is 3.36. The van der Waals surface area contributed by atoms with Gasteiger partial charge in [-0.1, -0.05) is 5.21 Å². The average Bonchev–Trinajstić information content (AvgIpc) is 2.61. The largest absolute Gasteiger partial charge is 0.464 e. The molecule has 0 atom stereocenters. The van der Waals surface area contributed by atoms with Crippen LogP contribution in [0.25, 0.3) is 0 Å². The van der Waals surface area contributed by atoms with Gasteiger partial charge in [0.15, 0.2) is 5.69 Å². The summed E-state index contributed by atoms with van der Waals surface area (Å²) < 4.78 is 17.6. The van der Waals surface area contributed by atoms with E-state index in [1.165, 1.54) is 18.0 Å². The number of ether oxygens (including phenoxy) is 1. The molecule has 0 saturated carbocycles. The molecule has 0 unspecified atom stereocenters. The second-order valence-electron chi connectivity index (χ2n) is 2.38. The van der Waals surface area contributed by atoms with Crippen molar-refractivity contribution in [2.75, 3.05) is 13.8 Å². The summed E-state index contributed by atoms with van der Waals surface area (Å²) in [7, 11) is 1.27. The van der Waals surface area contributed by atoms with Crippen LogP contribution in [0.5, 0.6) is 0 Å². The molecule has 1 heterocycles. The molecule has 1 rings (SSSR count). The van der Waals surface area contributed by atoms with Crippen LogP contribution in [0.15, 0.2) is 6.20 Å². The molecule has 0 aromatic carbocycles. The highest BCUT2D eigenvalue weighted by molar-refractivity contribution is 5.86. The Morgan fingerprint density at radius 2 is 2.54 bits per heavy atom. The molecule has 0 aliphatic rings. The van der Waals surface area contributed by atoms with Crippen molar-refractivity contribution < 1.29 is 13.9 Å². The number of esters is 1. The summed E-state index contributed by atoms with van der Waals surface area (Å²) in [6.45, 7) is -0.110. The fourth-order valence-electron chi connectivity index (χ4n) is 0.895. The van der Waals surface area contributed by atoms with Crippen LogP contribution in [0.2, 0.25) is 0 Å². The number of hydrogen-bond donors (Lipinski definition) is 0. The van der Waals surface area contributed by atoms with E-state index >= 15 is 0 Å². The van der Waals surface area contributed by atoms with Crippen LogP contribution >= 0.6 is 0 Å². The van der Waals surface area contributed by atoms with Crippen LogP contribution < -0.4 is 0 Å². The summed E-state index contributed by atoms with van der Waals surface area (Å²) >= 11 is 0. The Bertz CT molecular complexity index is 287. The third-order valence-electron chi connectivity index (χ3n) is 1.52. The Morgan fingerprint density at radius 3 is 3.15 bits per heavy atom. The van der Waals surface area contributed by atoms with E-state index in [1.54, 1.807) is 0 Å². The molecule has 0 N–H and O–H groups in total. The van der Waals surface area contributed by atoms with Gasteiger partial charge in [-0.15, -0.1) is 5.10 Å². The summed E-state index contributed by atoms with van der Waals surface area (Å²) in [5.74, 6) is -0.510. The first kappa shape index (κ1) is 9.63. The van der Waals surface area contributed by atoms with Crippen molar-refractivity contribution in [3.63, 3.8) is 0 Å². The average molecular weight is 187 g/mol. The molecule has 0 aliphatic heterocycles. The number of carbonyl (C=O) groups is 1. The summed E-state index contributed by atoms with van der Waals surface area (Å²) in [6, 6.07) is 0. The van der Waals surface area contributed by atoms with Crippen molar-refractivity contribution in [2.45, 2.75) is 13.0 Å². The molecule has 0 saturated heterocycles. The van der Waals surface area contributed by atoms with Gasteiger partial charge in [0.25, 0.3) is 0 Å². The maximum atomic E-state index is 11.8. The highest BCUT2D eigenvalue weighted by Gasteiger charge is 2.12. The van der Waals surface area contributed by atoms with Crippen LogP contribution in [-0.4, -0.2) is 34.7 Å². The number of aromatic nitrogens is 3. The van der Waals surface area contributed by atoms with Crippen LogP contribution in [0.4, 0.5) is 4.39 Å². The predicted molar refractivity (Wildman–Crippen MR) is 42.0 cm³/mol. The van der Waals surface area contributed by atoms with Gasteiger partial charge < -0.3 is 4.74 Å². The topological polar surface area (TPSA) is 57.0 Å². The number of aryl methyl sites for hydroxylation is 1. The molecular formula is C7H10FN3O2. The Hall–Kier alpha value is -1.46. The SMILES string of the molecule is COC(=O)c1cnnn1CCCF. The molecule has 13 heavy (non-hydrogen) atoms. The maximum absolute atomic E-state index is 11.8. The molecule has 0 fully saturated rings. The van der Waals surface area contributed by atoms with Crippen molar-refractivity contribution >= 4 is 5.97 Å². The van der Waals surface area contributed by atoms with Crippen molar-refractivity contribution in [2.24, 2.45) is 0 Å². The quantitative estimate of drug-likeness (QED) is 0.641. The number of methoxy groups -OCH3 is 1. The van der Waals surface area contributed by atoms with Gasteiger partial charge in [-0.05, 0) is 6.42 Å². The lowest BCUT2D eigenvalue weighted by molar-refractivity contribution is 0.0586. The molecule has 0 bridgehead atoms. The first-order valence-electron chi connectivity index (χ1n) is 3.82. The zero-order valence-corrected chi connectivity index (χ0v) is 7.23. The minimum absolute atomic E-state index is 0.246. The molecule has 6 heteroatoms. The fourth-order valence-corrected chi connectivity index (χ4v) is 0.895. The van der Waals surface area contributed by atoms with Crippen molar-refractivity contribution in [1.29, 1.82) is 0 Å². The lowest BCUT2D eigenvalue weighted by atomic mass is 10.4. The predicted octanol–water partition coefficient (Wildman–Crippen LogP) is 0.424. The number of carbonyl (C=O) groups excluding carboxylic acids is 1. The van der Waals surface area contributed by atoms with Crippen LogP contribution in [0.1, 0.15) is 16.9 Å². The Labute approximate surface area is 74.5 Å². The number of halogens is 1. The van der Waals surface area contributed by atoms with Gasteiger partial charge in [0, 0.05) is 6.54 Å². The normalized spacial score (nSPS) is 10.0. The van der Waals surface area contributed by atoms with E-state index in [0.717, 1.165) is 0 Å². The molecule has 0 amide bonds. The highest BCUT2D eigenvalue weighted by Crippen LogP contribution is 1.99. The molecule has 0 spiro atoms. The maximum Gasteiger partial charge on any atom is 0.358 e. The second kappa shape index (κ2) is 4.54. The van der Waals surface area contributed by atoms with E-state index in [1.807, 2.05) is 0 Å². The zero-order valence-electron chi connectivity index (χ0n) is 7.23. The third kappa shape index (κ3) is 2.24. The van der Waals surface area contributed by atoms with E-state index in [-0.39, 0.29) is 5.69 Å². The number of alkyl halides is 1. The smallest absolute Gasteiger partial charge is 0.358 e. The molecule has 1 aromatic rings. The van der Waals surface area contributed by atoms with Crippen LogP contribution in [-0.2, 0) is 11.3 Å².